The molecule has 0 fully saturated rings. The fraction of sp³-hybridized carbons (Fsp3) is 0.556. The van der Waals surface area contributed by atoms with Crippen molar-refractivity contribution in [3.05, 3.63) is 11.1 Å². The van der Waals surface area contributed by atoms with Crippen LogP contribution in [-0.4, -0.2) is 25.1 Å². The number of thiazole rings is 1. The molecule has 0 aliphatic heterocycles. The third-order valence-corrected chi connectivity index (χ3v) is 2.72. The highest BCUT2D eigenvalue weighted by molar-refractivity contribution is 7.13. The van der Waals surface area contributed by atoms with Crippen molar-refractivity contribution < 1.29 is 9.53 Å². The Morgan fingerprint density at radius 2 is 2.50 bits per heavy atom. The SMILES string of the molecule is CNc1nc(CCCC(=O)OC)cs1. The number of ether oxygens (including phenoxy) is 1. The average Bonchev–Trinajstić information content (AvgIpc) is 2.65. The molecule has 0 atom stereocenters. The predicted molar refractivity (Wildman–Crippen MR) is 56.6 cm³/mol. The molecule has 0 aromatic carbocycles. The maximum Gasteiger partial charge on any atom is 0.305 e. The monoisotopic (exact) mass is 214 g/mol. The van der Waals surface area contributed by atoms with Crippen LogP contribution in [0.4, 0.5) is 5.13 Å². The maximum absolute atomic E-state index is 10.8. The van der Waals surface area contributed by atoms with Gasteiger partial charge in [-0.3, -0.25) is 4.79 Å². The van der Waals surface area contributed by atoms with Gasteiger partial charge >= 0.3 is 5.97 Å². The Hall–Kier alpha value is -1.10. The number of rotatable bonds is 5. The van der Waals surface area contributed by atoms with Gasteiger partial charge in [-0.05, 0) is 12.8 Å². The maximum atomic E-state index is 10.8. The normalized spacial score (nSPS) is 9.86. The Morgan fingerprint density at radius 3 is 3.07 bits per heavy atom. The molecule has 1 aromatic rings. The number of methoxy groups -OCH3 is 1. The number of carbonyl (C=O) groups excluding carboxylic acids is 1. The Morgan fingerprint density at radius 1 is 1.71 bits per heavy atom. The summed E-state index contributed by atoms with van der Waals surface area (Å²) in [5, 5.41) is 5.89. The zero-order chi connectivity index (χ0) is 10.4. The first-order chi connectivity index (χ1) is 6.76. The van der Waals surface area contributed by atoms with Gasteiger partial charge in [0.15, 0.2) is 5.13 Å². The highest BCUT2D eigenvalue weighted by Gasteiger charge is 2.03. The van der Waals surface area contributed by atoms with Crippen LogP contribution in [0.15, 0.2) is 5.38 Å². The summed E-state index contributed by atoms with van der Waals surface area (Å²) in [6, 6.07) is 0. The number of aromatic nitrogens is 1. The van der Waals surface area contributed by atoms with Crippen LogP contribution in [-0.2, 0) is 16.0 Å². The van der Waals surface area contributed by atoms with E-state index in [1.54, 1.807) is 11.3 Å². The van der Waals surface area contributed by atoms with Crippen molar-refractivity contribution in [1.29, 1.82) is 0 Å². The number of carbonyl (C=O) groups is 1. The summed E-state index contributed by atoms with van der Waals surface area (Å²) in [5.41, 5.74) is 1.03. The number of nitrogens with one attached hydrogen (secondary N) is 1. The van der Waals surface area contributed by atoms with Crippen molar-refractivity contribution in [3.63, 3.8) is 0 Å². The van der Waals surface area contributed by atoms with E-state index in [1.807, 2.05) is 12.4 Å². The van der Waals surface area contributed by atoms with Gasteiger partial charge in [0, 0.05) is 18.8 Å². The molecule has 0 radical (unpaired) electrons. The number of hydrogen-bond acceptors (Lipinski definition) is 5. The van der Waals surface area contributed by atoms with Crippen LogP contribution in [0.3, 0.4) is 0 Å². The lowest BCUT2D eigenvalue weighted by Crippen LogP contribution is -2.00. The molecule has 1 N–H and O–H groups in total. The highest BCUT2D eigenvalue weighted by Crippen LogP contribution is 2.15. The lowest BCUT2D eigenvalue weighted by Gasteiger charge is -1.97. The van der Waals surface area contributed by atoms with Gasteiger partial charge in [0.2, 0.25) is 0 Å². The van der Waals surface area contributed by atoms with Crippen LogP contribution in [0.2, 0.25) is 0 Å². The van der Waals surface area contributed by atoms with Gasteiger partial charge in [0.05, 0.1) is 12.8 Å². The lowest BCUT2D eigenvalue weighted by atomic mass is 10.2. The van der Waals surface area contributed by atoms with Crippen molar-refractivity contribution in [2.75, 3.05) is 19.5 Å². The molecule has 14 heavy (non-hydrogen) atoms. The summed E-state index contributed by atoms with van der Waals surface area (Å²) >= 11 is 1.58. The summed E-state index contributed by atoms with van der Waals surface area (Å²) in [6.45, 7) is 0. The van der Waals surface area contributed by atoms with Gasteiger partial charge in [-0.2, -0.15) is 0 Å². The van der Waals surface area contributed by atoms with Crippen LogP contribution in [0.1, 0.15) is 18.5 Å². The number of nitrogens with zero attached hydrogens (tertiary/aromatic N) is 1. The molecular formula is C9H14N2O2S. The molecule has 0 amide bonds. The first-order valence-corrected chi connectivity index (χ1v) is 5.33. The number of aryl methyl sites for hydroxylation is 1. The molecular weight excluding hydrogens is 200 g/mol. The molecule has 0 saturated heterocycles. The van der Waals surface area contributed by atoms with E-state index in [-0.39, 0.29) is 5.97 Å². The minimum atomic E-state index is -0.158. The number of esters is 1. The second kappa shape index (κ2) is 5.59. The first-order valence-electron chi connectivity index (χ1n) is 4.45. The van der Waals surface area contributed by atoms with Crippen LogP contribution >= 0.6 is 11.3 Å². The molecule has 0 aliphatic carbocycles. The molecule has 0 unspecified atom stereocenters. The Bertz CT molecular complexity index is 299. The zero-order valence-corrected chi connectivity index (χ0v) is 9.19. The predicted octanol–water partition coefficient (Wildman–Crippen LogP) is 1.68. The van der Waals surface area contributed by atoms with Crippen LogP contribution in [0.25, 0.3) is 0 Å². The summed E-state index contributed by atoms with van der Waals surface area (Å²) < 4.78 is 4.55. The number of anilines is 1. The van der Waals surface area contributed by atoms with Crippen molar-refractivity contribution in [1.82, 2.24) is 4.98 Å². The molecule has 0 bridgehead atoms. The van der Waals surface area contributed by atoms with E-state index < -0.39 is 0 Å². The minimum absolute atomic E-state index is 0.158. The third kappa shape index (κ3) is 3.33. The molecule has 0 spiro atoms. The third-order valence-electron chi connectivity index (χ3n) is 1.81. The van der Waals surface area contributed by atoms with Gasteiger partial charge in [0.1, 0.15) is 0 Å². The van der Waals surface area contributed by atoms with E-state index in [1.165, 1.54) is 7.11 Å². The van der Waals surface area contributed by atoms with Crippen molar-refractivity contribution in [2.45, 2.75) is 19.3 Å². The summed E-state index contributed by atoms with van der Waals surface area (Å²) in [5.74, 6) is -0.158. The van der Waals surface area contributed by atoms with Crippen molar-refractivity contribution >= 4 is 22.4 Å². The topological polar surface area (TPSA) is 51.2 Å². The van der Waals surface area contributed by atoms with Crippen molar-refractivity contribution in [2.24, 2.45) is 0 Å². The first kappa shape index (κ1) is 11.0. The van der Waals surface area contributed by atoms with E-state index in [0.717, 1.165) is 23.7 Å². The molecule has 5 heteroatoms. The number of hydrogen-bond donors (Lipinski definition) is 1. The fourth-order valence-corrected chi connectivity index (χ4v) is 1.76. The Kier molecular flexibility index (Phi) is 4.39. The summed E-state index contributed by atoms with van der Waals surface area (Å²) in [4.78, 5) is 15.1. The largest absolute Gasteiger partial charge is 0.469 e. The van der Waals surface area contributed by atoms with Crippen LogP contribution < -0.4 is 5.32 Å². The molecule has 1 heterocycles. The van der Waals surface area contributed by atoms with Crippen LogP contribution in [0.5, 0.6) is 0 Å². The Labute approximate surface area is 87.3 Å². The molecule has 78 valence electrons. The second-order valence-corrected chi connectivity index (χ2v) is 3.68. The Balaban J connectivity index is 2.27. The zero-order valence-electron chi connectivity index (χ0n) is 8.37. The van der Waals surface area contributed by atoms with Crippen LogP contribution in [0, 0.1) is 0 Å². The lowest BCUT2D eigenvalue weighted by molar-refractivity contribution is -0.140. The van der Waals surface area contributed by atoms with Gasteiger partial charge in [-0.25, -0.2) is 4.98 Å². The van der Waals surface area contributed by atoms with Gasteiger partial charge in [0.25, 0.3) is 0 Å². The van der Waals surface area contributed by atoms with Crippen molar-refractivity contribution in [3.8, 4) is 0 Å². The van der Waals surface area contributed by atoms with E-state index >= 15 is 0 Å². The smallest absolute Gasteiger partial charge is 0.305 e. The molecule has 1 aromatic heterocycles. The molecule has 0 saturated carbocycles. The van der Waals surface area contributed by atoms with E-state index in [4.69, 9.17) is 0 Å². The quantitative estimate of drug-likeness (QED) is 0.758. The van der Waals surface area contributed by atoms with E-state index in [9.17, 15) is 4.79 Å². The molecule has 4 nitrogen and oxygen atoms in total. The fourth-order valence-electron chi connectivity index (χ4n) is 1.05. The van der Waals surface area contributed by atoms with Gasteiger partial charge in [-0.15, -0.1) is 11.3 Å². The average molecular weight is 214 g/mol. The molecule has 0 aliphatic rings. The second-order valence-electron chi connectivity index (χ2n) is 2.82. The standard InChI is InChI=1S/C9H14N2O2S/c1-10-9-11-7(6-14-9)4-3-5-8(12)13-2/h6H,3-5H2,1-2H3,(H,10,11). The van der Waals surface area contributed by atoms with E-state index in [2.05, 4.69) is 15.0 Å². The van der Waals surface area contributed by atoms with E-state index in [0.29, 0.717) is 6.42 Å². The van der Waals surface area contributed by atoms with Gasteiger partial charge < -0.3 is 10.1 Å². The highest BCUT2D eigenvalue weighted by atomic mass is 32.1. The molecule has 1 rings (SSSR count). The minimum Gasteiger partial charge on any atom is -0.469 e. The van der Waals surface area contributed by atoms with Gasteiger partial charge in [-0.1, -0.05) is 0 Å². The summed E-state index contributed by atoms with van der Waals surface area (Å²) in [6.07, 6.45) is 2.08. The summed E-state index contributed by atoms with van der Waals surface area (Å²) in [7, 11) is 3.25.